The van der Waals surface area contributed by atoms with Crippen LogP contribution in [0.15, 0.2) is 18.3 Å². The Morgan fingerprint density at radius 3 is 2.55 bits per heavy atom. The summed E-state index contributed by atoms with van der Waals surface area (Å²) in [5.74, 6) is -1.41. The normalized spacial score (nSPS) is 17.0. The van der Waals surface area contributed by atoms with Gasteiger partial charge in [-0.2, -0.15) is 0 Å². The summed E-state index contributed by atoms with van der Waals surface area (Å²) < 4.78 is 0. The topological polar surface area (TPSA) is 85.7 Å². The largest absolute Gasteiger partial charge is 0.480 e. The average molecular weight is 330 g/mol. The van der Waals surface area contributed by atoms with E-state index in [4.69, 9.17) is 11.6 Å². The molecule has 0 amide bonds. The van der Waals surface area contributed by atoms with E-state index in [-0.39, 0.29) is 6.04 Å². The first kappa shape index (κ1) is 18.8. The van der Waals surface area contributed by atoms with Crippen LogP contribution in [-0.4, -0.2) is 58.3 Å². The predicted octanol–water partition coefficient (Wildman–Crippen LogP) is 1.22. The molecule has 0 aliphatic carbocycles. The molecule has 0 saturated carbocycles. The number of carboxylic acids is 1. The summed E-state index contributed by atoms with van der Waals surface area (Å²) in [5.41, 5.74) is 0.724. The molecule has 1 rings (SSSR count). The Labute approximate surface area is 136 Å². The third-order valence-electron chi connectivity index (χ3n) is 3.93. The Morgan fingerprint density at radius 1 is 1.45 bits per heavy atom. The molecule has 4 atom stereocenters. The van der Waals surface area contributed by atoms with Crippen molar-refractivity contribution >= 4 is 17.6 Å². The van der Waals surface area contributed by atoms with Gasteiger partial charge in [0, 0.05) is 24.7 Å². The van der Waals surface area contributed by atoms with Crippen molar-refractivity contribution in [1.29, 1.82) is 0 Å². The van der Waals surface area contributed by atoms with E-state index in [1.807, 2.05) is 6.92 Å². The number of aromatic nitrogens is 1. The van der Waals surface area contributed by atoms with Crippen molar-refractivity contribution in [2.24, 2.45) is 5.92 Å². The van der Waals surface area contributed by atoms with Gasteiger partial charge >= 0.3 is 5.97 Å². The number of aliphatic hydroxyl groups is 1. The maximum Gasteiger partial charge on any atom is 0.321 e. The molecule has 0 spiro atoms. The number of hydrogen-bond donors (Lipinski definition) is 3. The summed E-state index contributed by atoms with van der Waals surface area (Å²) in [6.45, 7) is 3.92. The summed E-state index contributed by atoms with van der Waals surface area (Å²) in [7, 11) is 3.44. The van der Waals surface area contributed by atoms with E-state index in [1.165, 1.54) is 6.20 Å². The Morgan fingerprint density at radius 2 is 2.09 bits per heavy atom. The molecular weight excluding hydrogens is 306 g/mol. The minimum absolute atomic E-state index is 0.195. The minimum Gasteiger partial charge on any atom is -0.480 e. The van der Waals surface area contributed by atoms with Crippen LogP contribution >= 0.6 is 11.6 Å². The maximum atomic E-state index is 11.6. The van der Waals surface area contributed by atoms with Gasteiger partial charge in [-0.1, -0.05) is 18.5 Å². The standard InChI is InChI=1S/C15H24ClN3O3/c1-9(14(20)10(2)17-3)13(15(21)22)19(4)8-12-6-5-11(16)7-18-12/h5-7,9-10,13-14,17,20H,8H2,1-4H3,(H,21,22)/t9-,10+,13?,14-/m1/s1. The molecule has 124 valence electrons. The van der Waals surface area contributed by atoms with Gasteiger partial charge in [-0.15, -0.1) is 0 Å². The van der Waals surface area contributed by atoms with E-state index in [2.05, 4.69) is 10.3 Å². The number of carboxylic acid groups (broad SMARTS) is 1. The predicted molar refractivity (Wildman–Crippen MR) is 85.8 cm³/mol. The lowest BCUT2D eigenvalue weighted by atomic mass is 9.90. The molecule has 0 bridgehead atoms. The molecule has 1 aromatic rings. The van der Waals surface area contributed by atoms with Crippen LogP contribution in [0.25, 0.3) is 0 Å². The van der Waals surface area contributed by atoms with Gasteiger partial charge in [0.15, 0.2) is 0 Å². The second-order valence-electron chi connectivity index (χ2n) is 5.59. The van der Waals surface area contributed by atoms with Gasteiger partial charge in [0.2, 0.25) is 0 Å². The molecule has 22 heavy (non-hydrogen) atoms. The fourth-order valence-corrected chi connectivity index (χ4v) is 2.59. The molecule has 0 aliphatic rings. The number of pyridine rings is 1. The summed E-state index contributed by atoms with van der Waals surface area (Å²) in [5, 5.41) is 23.3. The van der Waals surface area contributed by atoms with Gasteiger partial charge in [0.1, 0.15) is 6.04 Å². The van der Waals surface area contributed by atoms with Gasteiger partial charge in [-0.3, -0.25) is 14.7 Å². The molecule has 0 radical (unpaired) electrons. The van der Waals surface area contributed by atoms with Gasteiger partial charge in [0.05, 0.1) is 16.8 Å². The number of halogens is 1. The van der Waals surface area contributed by atoms with Crippen molar-refractivity contribution in [3.05, 3.63) is 29.0 Å². The van der Waals surface area contributed by atoms with Gasteiger partial charge < -0.3 is 15.5 Å². The highest BCUT2D eigenvalue weighted by molar-refractivity contribution is 6.30. The summed E-state index contributed by atoms with van der Waals surface area (Å²) in [6.07, 6.45) is 0.758. The first-order valence-corrected chi connectivity index (χ1v) is 7.54. The highest BCUT2D eigenvalue weighted by Crippen LogP contribution is 2.19. The Hall–Kier alpha value is -1.21. The second kappa shape index (κ2) is 8.43. The third kappa shape index (κ3) is 4.91. The third-order valence-corrected chi connectivity index (χ3v) is 4.16. The number of hydrogen-bond acceptors (Lipinski definition) is 5. The smallest absolute Gasteiger partial charge is 0.321 e. The summed E-state index contributed by atoms with van der Waals surface area (Å²) >= 11 is 5.79. The second-order valence-corrected chi connectivity index (χ2v) is 6.03. The lowest BCUT2D eigenvalue weighted by Gasteiger charge is -2.34. The number of rotatable bonds is 8. The van der Waals surface area contributed by atoms with E-state index < -0.39 is 24.0 Å². The van der Waals surface area contributed by atoms with Crippen LogP contribution in [0.5, 0.6) is 0 Å². The lowest BCUT2D eigenvalue weighted by Crippen LogP contribution is -2.51. The number of nitrogens with one attached hydrogen (secondary N) is 1. The quantitative estimate of drug-likeness (QED) is 0.665. The molecule has 1 unspecified atom stereocenters. The van der Waals surface area contributed by atoms with Crippen molar-refractivity contribution < 1.29 is 15.0 Å². The number of aliphatic hydroxyl groups excluding tert-OH is 1. The fraction of sp³-hybridized carbons (Fsp3) is 0.600. The maximum absolute atomic E-state index is 11.6. The molecule has 1 aromatic heterocycles. The zero-order valence-corrected chi connectivity index (χ0v) is 14.1. The zero-order valence-electron chi connectivity index (χ0n) is 13.3. The molecule has 0 aromatic carbocycles. The van der Waals surface area contributed by atoms with E-state index in [9.17, 15) is 15.0 Å². The number of nitrogens with zero attached hydrogens (tertiary/aromatic N) is 2. The molecule has 7 heteroatoms. The van der Waals surface area contributed by atoms with Crippen molar-refractivity contribution in [3.8, 4) is 0 Å². The Kier molecular flexibility index (Phi) is 7.22. The van der Waals surface area contributed by atoms with Gasteiger partial charge in [-0.05, 0) is 33.2 Å². The summed E-state index contributed by atoms with van der Waals surface area (Å²) in [6, 6.07) is 2.46. The fourth-order valence-electron chi connectivity index (χ4n) is 2.48. The van der Waals surface area contributed by atoms with E-state index in [0.717, 1.165) is 5.69 Å². The molecule has 6 nitrogen and oxygen atoms in total. The molecule has 3 N–H and O–H groups in total. The highest BCUT2D eigenvalue weighted by Gasteiger charge is 2.35. The first-order valence-electron chi connectivity index (χ1n) is 7.16. The Balaban J connectivity index is 2.85. The van der Waals surface area contributed by atoms with E-state index in [0.29, 0.717) is 11.6 Å². The summed E-state index contributed by atoms with van der Waals surface area (Å²) in [4.78, 5) is 17.5. The SMILES string of the molecule is CN[C@@H](C)[C@H](O)[C@H](C)C(C(=O)O)N(C)Cc1ccc(Cl)cn1. The molecule has 1 heterocycles. The first-order chi connectivity index (χ1) is 10.3. The number of carbonyl (C=O) groups is 1. The van der Waals surface area contributed by atoms with Crippen molar-refractivity contribution in [3.63, 3.8) is 0 Å². The number of likely N-dealkylation sites (N-methyl/N-ethyl adjacent to an activating group) is 2. The monoisotopic (exact) mass is 329 g/mol. The lowest BCUT2D eigenvalue weighted by molar-refractivity contribution is -0.147. The Bertz CT molecular complexity index is 483. The van der Waals surface area contributed by atoms with Crippen molar-refractivity contribution in [2.75, 3.05) is 14.1 Å². The zero-order chi connectivity index (χ0) is 16.9. The van der Waals surface area contributed by atoms with Crippen LogP contribution in [0.4, 0.5) is 0 Å². The van der Waals surface area contributed by atoms with Crippen LogP contribution in [0.1, 0.15) is 19.5 Å². The van der Waals surface area contributed by atoms with Gasteiger partial charge in [-0.25, -0.2) is 0 Å². The van der Waals surface area contributed by atoms with Crippen molar-refractivity contribution in [2.45, 2.75) is 38.6 Å². The molecule has 0 saturated heterocycles. The average Bonchev–Trinajstić information content (AvgIpc) is 2.47. The van der Waals surface area contributed by atoms with E-state index in [1.54, 1.807) is 38.1 Å². The van der Waals surface area contributed by atoms with Crippen LogP contribution in [-0.2, 0) is 11.3 Å². The highest BCUT2D eigenvalue weighted by atomic mass is 35.5. The van der Waals surface area contributed by atoms with Gasteiger partial charge in [0.25, 0.3) is 0 Å². The van der Waals surface area contributed by atoms with Crippen LogP contribution < -0.4 is 5.32 Å². The molecule has 0 aliphatic heterocycles. The molecular formula is C15H24ClN3O3. The minimum atomic E-state index is -0.966. The van der Waals surface area contributed by atoms with Crippen LogP contribution in [0, 0.1) is 5.92 Å². The van der Waals surface area contributed by atoms with Crippen LogP contribution in [0.2, 0.25) is 5.02 Å². The van der Waals surface area contributed by atoms with Crippen molar-refractivity contribution in [1.82, 2.24) is 15.2 Å². The number of aliphatic carboxylic acids is 1. The molecule has 0 fully saturated rings. The van der Waals surface area contributed by atoms with Crippen LogP contribution in [0.3, 0.4) is 0 Å². The van der Waals surface area contributed by atoms with E-state index >= 15 is 0 Å².